The second kappa shape index (κ2) is 16.8. The van der Waals surface area contributed by atoms with Crippen LogP contribution in [-0.4, -0.2) is 73.0 Å². The minimum absolute atomic E-state index is 0.0356. The Morgan fingerprint density at radius 2 is 1.14 bits per heavy atom. The molecule has 0 heterocycles. The number of carbonyl (C=O) groups excluding carboxylic acids is 1. The molecule has 13 rings (SSSR count). The maximum absolute atomic E-state index is 13.9. The van der Waals surface area contributed by atoms with Gasteiger partial charge in [0.1, 0.15) is 29.6 Å². The van der Waals surface area contributed by atoms with Crippen molar-refractivity contribution in [3.63, 3.8) is 0 Å². The van der Waals surface area contributed by atoms with Crippen LogP contribution in [0.25, 0.3) is 5.57 Å². The van der Waals surface area contributed by atoms with Gasteiger partial charge in [0, 0.05) is 95.2 Å². The van der Waals surface area contributed by atoms with Gasteiger partial charge in [0.25, 0.3) is 0 Å². The monoisotopic (exact) mass is 892 g/mol. The number of nitrogens with zero attached hydrogens (tertiary/aromatic N) is 2. The summed E-state index contributed by atoms with van der Waals surface area (Å²) in [5.74, 6) is 3.37. The summed E-state index contributed by atoms with van der Waals surface area (Å²) >= 11 is 0. The zero-order valence-electron chi connectivity index (χ0n) is 37.9. The van der Waals surface area contributed by atoms with E-state index >= 15 is 0 Å². The lowest BCUT2D eigenvalue weighted by molar-refractivity contribution is -0.440. The van der Waals surface area contributed by atoms with Crippen LogP contribution in [0.1, 0.15) is 119 Å². The molecule has 6 N–H and O–H groups in total. The Kier molecular flexibility index (Phi) is 11.0. The topological polar surface area (TPSA) is 168 Å². The van der Waals surface area contributed by atoms with E-state index in [0.717, 1.165) is 61.0 Å². The zero-order chi connectivity index (χ0) is 45.5. The fourth-order valence-corrected chi connectivity index (χ4v) is 15.4. The lowest BCUT2D eigenvalue weighted by Crippen LogP contribution is -2.48. The van der Waals surface area contributed by atoms with Crippen molar-refractivity contribution in [2.45, 2.75) is 114 Å². The first kappa shape index (κ1) is 43.3. The molecule has 8 bridgehead atoms. The van der Waals surface area contributed by atoms with Crippen LogP contribution < -0.4 is 10.0 Å². The Bertz CT molecular complexity index is 2560. The molecule has 8 saturated carbocycles. The molecule has 0 radical (unpaired) electrons. The maximum atomic E-state index is 13.9. The predicted octanol–water partition coefficient (Wildman–Crippen LogP) is 9.17. The van der Waals surface area contributed by atoms with Crippen molar-refractivity contribution in [3.05, 3.63) is 112 Å². The smallest absolute Gasteiger partial charge is 0.209 e. The van der Waals surface area contributed by atoms with E-state index in [9.17, 15) is 40.5 Å². The summed E-state index contributed by atoms with van der Waals surface area (Å²) in [4.78, 5) is 16.0. The Morgan fingerprint density at radius 1 is 0.606 bits per heavy atom. The summed E-state index contributed by atoms with van der Waals surface area (Å²) in [6.07, 6.45) is 21.9. The molecular weight excluding hydrogens is 829 g/mol. The van der Waals surface area contributed by atoms with Crippen LogP contribution in [0.5, 0.6) is 17.2 Å². The third kappa shape index (κ3) is 7.38. The van der Waals surface area contributed by atoms with Crippen molar-refractivity contribution in [3.8, 4) is 17.2 Å². The standard InChI is InChI=1S/C56H64N2O8/c59-15-3-1-13-57(39-7-11-47(61)45(23-39)55-27-33-17-34(28-55)19-35(18-33)29-55)41-5-9-43(49(63)25-41)51-53(65)52(54(51)66)44-10-6-42(26-50(44)64)58(14-2-4-16-60)40-8-12-48(62)46(24-40)56-30-36-20-37(31-56)22-38(21-36)32-56/h5-12,23-26,33-38,59-60H,1-4,13-22,27-32H2,(H4,61,62,63,64,65,66). The highest BCUT2D eigenvalue weighted by Gasteiger charge is 2.54. The number of allylic oxidation sites excluding steroid dienone is 5. The number of phenols is 3. The number of Topliss-reactive ketones (excluding diaryl/α,β-unsaturated/α-hetero) is 1. The van der Waals surface area contributed by atoms with Gasteiger partial charge >= 0.3 is 0 Å². The number of ketones is 1. The Hall–Kier alpha value is -5.32. The fraction of sp³-hybridized carbons (Fsp3) is 0.500. The highest BCUT2D eigenvalue weighted by molar-refractivity contribution is 6.39. The largest absolute Gasteiger partial charge is 0.871 e. The molecule has 10 nitrogen and oxygen atoms in total. The number of rotatable bonds is 14. The van der Waals surface area contributed by atoms with E-state index in [0.29, 0.717) is 97.2 Å². The molecule has 0 aromatic heterocycles. The number of hydrogen-bond donors (Lipinski definition) is 6. The molecule has 0 amide bonds. The van der Waals surface area contributed by atoms with Gasteiger partial charge in [-0.25, -0.2) is 0 Å². The molecule has 0 unspecified atom stereocenters. The Morgan fingerprint density at radius 3 is 1.68 bits per heavy atom. The number of aliphatic hydroxyl groups is 3. The number of hydrogen-bond acceptors (Lipinski definition) is 9. The van der Waals surface area contributed by atoms with Crippen molar-refractivity contribution in [1.82, 2.24) is 0 Å². The summed E-state index contributed by atoms with van der Waals surface area (Å²) in [6.45, 7) is 1.19. The highest BCUT2D eigenvalue weighted by Crippen LogP contribution is 2.63. The van der Waals surface area contributed by atoms with Gasteiger partial charge in [0.05, 0.1) is 6.08 Å². The van der Waals surface area contributed by atoms with Gasteiger partial charge in [-0.05, 0) is 185 Å². The molecular formula is C56H64N2O8. The van der Waals surface area contributed by atoms with Crippen LogP contribution >= 0.6 is 0 Å². The first-order chi connectivity index (χ1) is 31.9. The lowest BCUT2D eigenvalue weighted by Gasteiger charge is -2.57. The summed E-state index contributed by atoms with van der Waals surface area (Å²) in [5.41, 5.74) is 5.00. The van der Waals surface area contributed by atoms with E-state index in [2.05, 4.69) is 21.6 Å². The van der Waals surface area contributed by atoms with E-state index in [1.54, 1.807) is 48.6 Å². The Labute approximate surface area is 387 Å². The third-order valence-electron chi connectivity index (χ3n) is 17.4. The van der Waals surface area contributed by atoms with Crippen molar-refractivity contribution >= 4 is 34.1 Å². The minimum atomic E-state index is -0.553. The highest BCUT2D eigenvalue weighted by atomic mass is 16.3. The molecule has 3 aromatic carbocycles. The molecule has 8 fully saturated rings. The van der Waals surface area contributed by atoms with Crippen LogP contribution in [0.4, 0.5) is 17.1 Å². The quantitative estimate of drug-likeness (QED) is 0.0526. The van der Waals surface area contributed by atoms with Crippen molar-refractivity contribution in [1.29, 1.82) is 0 Å². The van der Waals surface area contributed by atoms with E-state index in [4.69, 9.17) is 0 Å². The molecule has 3 aromatic rings. The summed E-state index contributed by atoms with van der Waals surface area (Å²) in [5, 5.41) is 79.0. The SMILES string of the molecule is O=C1C(c2ccc(N(CCCCO)c3ccc(O)c(C45CC6CC(CC(C6)C4)C5)c3)cc2O)=C([O-])/C1=C1C=C/C(=[N+](/CCCCO)c2ccc(O)c(C34CC5CC(CC(C5)C3)C4)c2)C=C/1O. The van der Waals surface area contributed by atoms with Gasteiger partial charge in [-0.15, -0.1) is 0 Å². The van der Waals surface area contributed by atoms with Crippen molar-refractivity contribution in [2.75, 3.05) is 31.2 Å². The van der Waals surface area contributed by atoms with Gasteiger partial charge in [0.15, 0.2) is 5.78 Å². The van der Waals surface area contributed by atoms with Crippen LogP contribution in [0, 0.1) is 35.5 Å². The van der Waals surface area contributed by atoms with Crippen LogP contribution in [-0.2, 0) is 15.6 Å². The summed E-state index contributed by atoms with van der Waals surface area (Å²) in [7, 11) is 0. The zero-order valence-corrected chi connectivity index (χ0v) is 37.9. The number of anilines is 2. The number of phenolic OH excluding ortho intramolecular Hbond substituents is 3. The molecule has 0 aliphatic heterocycles. The molecule has 10 aliphatic carbocycles. The molecule has 0 saturated heterocycles. The summed E-state index contributed by atoms with van der Waals surface area (Å²) in [6, 6.07) is 16.6. The van der Waals surface area contributed by atoms with Gasteiger partial charge in [0.2, 0.25) is 11.4 Å². The second-order valence-corrected chi connectivity index (χ2v) is 21.8. The van der Waals surface area contributed by atoms with E-state index in [1.165, 1.54) is 38.5 Å². The summed E-state index contributed by atoms with van der Waals surface area (Å²) < 4.78 is 2.07. The lowest BCUT2D eigenvalue weighted by atomic mass is 9.48. The number of aliphatic hydroxyl groups excluding tert-OH is 3. The molecule has 0 atom stereocenters. The average molecular weight is 893 g/mol. The number of benzene rings is 3. The predicted molar refractivity (Wildman–Crippen MR) is 252 cm³/mol. The van der Waals surface area contributed by atoms with Gasteiger partial charge in [-0.1, -0.05) is 5.76 Å². The van der Waals surface area contributed by atoms with E-state index in [-0.39, 0.29) is 57.8 Å². The molecule has 346 valence electrons. The molecule has 10 aliphatic rings. The molecule has 10 heteroatoms. The van der Waals surface area contributed by atoms with Crippen LogP contribution in [0.2, 0.25) is 0 Å². The second-order valence-electron chi connectivity index (χ2n) is 21.8. The third-order valence-corrected chi connectivity index (χ3v) is 17.4. The van der Waals surface area contributed by atoms with Gasteiger partial charge in [-0.3, -0.25) is 4.79 Å². The van der Waals surface area contributed by atoms with Crippen molar-refractivity contribution in [2.24, 2.45) is 35.5 Å². The number of unbranched alkanes of at least 4 members (excludes halogenated alkanes) is 2. The number of aromatic hydroxyl groups is 3. The van der Waals surface area contributed by atoms with Crippen molar-refractivity contribution < 1.29 is 45.1 Å². The first-order valence-corrected chi connectivity index (χ1v) is 24.9. The van der Waals surface area contributed by atoms with Crippen LogP contribution in [0.3, 0.4) is 0 Å². The average Bonchev–Trinajstić information content (AvgIpc) is 3.28. The number of carbonyl (C=O) groups is 1. The van der Waals surface area contributed by atoms with Gasteiger partial charge < -0.3 is 40.6 Å². The van der Waals surface area contributed by atoms with Crippen LogP contribution in [0.15, 0.2) is 95.5 Å². The fourth-order valence-electron chi connectivity index (χ4n) is 15.4. The molecule has 0 spiro atoms. The maximum Gasteiger partial charge on any atom is 0.209 e. The first-order valence-electron chi connectivity index (χ1n) is 24.9. The Balaban J connectivity index is 0.884. The van der Waals surface area contributed by atoms with E-state index < -0.39 is 11.5 Å². The van der Waals surface area contributed by atoms with Gasteiger partial charge in [-0.2, -0.15) is 4.58 Å². The normalized spacial score (nSPS) is 32.3. The van der Waals surface area contributed by atoms with E-state index in [1.807, 2.05) is 12.1 Å². The molecule has 66 heavy (non-hydrogen) atoms. The minimum Gasteiger partial charge on any atom is -0.871 e.